The summed E-state index contributed by atoms with van der Waals surface area (Å²) in [5, 5.41) is 0. The molecule has 0 aromatic rings. The van der Waals surface area contributed by atoms with Gasteiger partial charge in [0.15, 0.2) is 0 Å². The minimum absolute atomic E-state index is 0.996. The number of hydrogen-bond donors (Lipinski definition) is 0. The zero-order valence-corrected chi connectivity index (χ0v) is 7.43. The van der Waals surface area contributed by atoms with Crippen LogP contribution in [0.15, 0.2) is 41.0 Å². The van der Waals surface area contributed by atoms with Crippen molar-refractivity contribution in [1.29, 1.82) is 0 Å². The van der Waals surface area contributed by atoms with Gasteiger partial charge in [-0.05, 0) is 42.1 Å². The van der Waals surface area contributed by atoms with E-state index >= 15 is 0 Å². The molecule has 0 amide bonds. The second-order valence-corrected chi connectivity index (χ2v) is 3.16. The third kappa shape index (κ3) is 1.18. The smallest absolute Gasteiger partial charge is 0.00850 e. The number of rotatable bonds is 2. The van der Waals surface area contributed by atoms with E-state index in [2.05, 4.69) is 37.3 Å². The predicted molar refractivity (Wildman–Crippen MR) is 51.6 cm³/mol. The van der Waals surface area contributed by atoms with Crippen LogP contribution in [0.25, 0.3) is 0 Å². The quantitative estimate of drug-likeness (QED) is 0.576. The fourth-order valence-corrected chi connectivity index (χ4v) is 1.78. The Labute approximate surface area is 74.0 Å². The Morgan fingerprint density at radius 3 is 2.92 bits per heavy atom. The van der Waals surface area contributed by atoms with Crippen LogP contribution in [0.4, 0.5) is 0 Å². The molecule has 0 saturated heterocycles. The summed E-state index contributed by atoms with van der Waals surface area (Å²) in [5.74, 6) is 0. The maximum Gasteiger partial charge on any atom is -0.00850 e. The molecule has 0 atom stereocenters. The van der Waals surface area contributed by atoms with E-state index in [1.54, 1.807) is 0 Å². The standard InChI is InChI=1S/C12H13/c1-2-10-8-5-9-12(10)11-6-3-4-7-11/h3,5-6,8H,2,4,9H2,1H3. The Balaban J connectivity index is 2.29. The molecule has 12 heavy (non-hydrogen) atoms. The highest BCUT2D eigenvalue weighted by atomic mass is 14.2. The van der Waals surface area contributed by atoms with Crippen LogP contribution >= 0.6 is 0 Å². The van der Waals surface area contributed by atoms with E-state index in [4.69, 9.17) is 0 Å². The SMILES string of the molecule is CCC1=C(C2=[C]CC=C2)CC=C1. The van der Waals surface area contributed by atoms with Gasteiger partial charge in [0.1, 0.15) is 0 Å². The first-order chi connectivity index (χ1) is 5.92. The minimum atomic E-state index is 0.996. The molecule has 0 spiro atoms. The molecule has 0 N–H and O–H groups in total. The highest BCUT2D eigenvalue weighted by Crippen LogP contribution is 2.30. The van der Waals surface area contributed by atoms with Crippen LogP contribution in [0.1, 0.15) is 26.2 Å². The Bertz CT molecular complexity index is 298. The van der Waals surface area contributed by atoms with Gasteiger partial charge in [0.2, 0.25) is 0 Å². The monoisotopic (exact) mass is 157 g/mol. The summed E-state index contributed by atoms with van der Waals surface area (Å²) in [6.07, 6.45) is 15.5. The van der Waals surface area contributed by atoms with Crippen LogP contribution in [0, 0.1) is 6.08 Å². The molecule has 0 heteroatoms. The molecule has 0 heterocycles. The van der Waals surface area contributed by atoms with Crippen LogP contribution < -0.4 is 0 Å². The van der Waals surface area contributed by atoms with Crippen LogP contribution in [-0.4, -0.2) is 0 Å². The molecule has 0 unspecified atom stereocenters. The second-order valence-electron chi connectivity index (χ2n) is 3.16. The summed E-state index contributed by atoms with van der Waals surface area (Å²) >= 11 is 0. The lowest BCUT2D eigenvalue weighted by molar-refractivity contribution is 1.11. The largest absolute Gasteiger partial charge is 0.0798 e. The van der Waals surface area contributed by atoms with Gasteiger partial charge in [-0.15, -0.1) is 0 Å². The molecule has 0 aromatic heterocycles. The van der Waals surface area contributed by atoms with Gasteiger partial charge < -0.3 is 0 Å². The van der Waals surface area contributed by atoms with E-state index in [-0.39, 0.29) is 0 Å². The fourth-order valence-electron chi connectivity index (χ4n) is 1.78. The van der Waals surface area contributed by atoms with Crippen molar-refractivity contribution < 1.29 is 0 Å². The van der Waals surface area contributed by atoms with Gasteiger partial charge in [-0.3, -0.25) is 0 Å². The number of allylic oxidation sites excluding steroid dienone is 8. The van der Waals surface area contributed by atoms with Crippen LogP contribution in [-0.2, 0) is 0 Å². The van der Waals surface area contributed by atoms with E-state index in [1.807, 2.05) is 0 Å². The third-order valence-electron chi connectivity index (χ3n) is 2.43. The van der Waals surface area contributed by atoms with Crippen molar-refractivity contribution in [1.82, 2.24) is 0 Å². The molecule has 0 nitrogen and oxygen atoms in total. The van der Waals surface area contributed by atoms with E-state index < -0.39 is 0 Å². The summed E-state index contributed by atoms with van der Waals surface area (Å²) in [6.45, 7) is 2.21. The zero-order valence-electron chi connectivity index (χ0n) is 7.43. The number of hydrogen-bond acceptors (Lipinski definition) is 0. The van der Waals surface area contributed by atoms with Crippen molar-refractivity contribution in [3.8, 4) is 0 Å². The van der Waals surface area contributed by atoms with E-state index in [1.165, 1.54) is 16.7 Å². The first-order valence-electron chi connectivity index (χ1n) is 4.58. The Kier molecular flexibility index (Phi) is 1.99. The molecule has 0 bridgehead atoms. The van der Waals surface area contributed by atoms with Gasteiger partial charge in [0.25, 0.3) is 0 Å². The average Bonchev–Trinajstić information content (AvgIpc) is 2.74. The van der Waals surface area contributed by atoms with Gasteiger partial charge >= 0.3 is 0 Å². The lowest BCUT2D eigenvalue weighted by atomic mass is 10.0. The lowest BCUT2D eigenvalue weighted by Crippen LogP contribution is -1.85. The van der Waals surface area contributed by atoms with Crippen molar-refractivity contribution in [2.24, 2.45) is 0 Å². The van der Waals surface area contributed by atoms with Gasteiger partial charge in [-0.1, -0.05) is 31.2 Å². The van der Waals surface area contributed by atoms with E-state index in [0.717, 1.165) is 19.3 Å². The van der Waals surface area contributed by atoms with Crippen molar-refractivity contribution in [2.75, 3.05) is 0 Å². The molecule has 0 aliphatic heterocycles. The summed E-state index contributed by atoms with van der Waals surface area (Å²) in [7, 11) is 0. The maximum atomic E-state index is 3.37. The summed E-state index contributed by atoms with van der Waals surface area (Å²) < 4.78 is 0. The summed E-state index contributed by atoms with van der Waals surface area (Å²) in [6, 6.07) is 0. The first-order valence-corrected chi connectivity index (χ1v) is 4.58. The highest BCUT2D eigenvalue weighted by molar-refractivity contribution is 5.50. The molecular formula is C12H13. The normalized spacial score (nSPS) is 20.9. The first kappa shape index (κ1) is 7.60. The van der Waals surface area contributed by atoms with Crippen LogP contribution in [0.5, 0.6) is 0 Å². The van der Waals surface area contributed by atoms with Crippen molar-refractivity contribution in [3.05, 3.63) is 47.1 Å². The van der Waals surface area contributed by atoms with Gasteiger partial charge in [-0.25, -0.2) is 0 Å². The molecule has 0 fully saturated rings. The fraction of sp³-hybridized carbons (Fsp3) is 0.333. The van der Waals surface area contributed by atoms with Gasteiger partial charge in [0, 0.05) is 0 Å². The van der Waals surface area contributed by atoms with Crippen LogP contribution in [0.2, 0.25) is 0 Å². The highest BCUT2D eigenvalue weighted by Gasteiger charge is 2.11. The molecule has 0 saturated carbocycles. The van der Waals surface area contributed by atoms with Gasteiger partial charge in [-0.2, -0.15) is 0 Å². The van der Waals surface area contributed by atoms with Crippen molar-refractivity contribution in [3.63, 3.8) is 0 Å². The zero-order chi connectivity index (χ0) is 8.39. The summed E-state index contributed by atoms with van der Waals surface area (Å²) in [4.78, 5) is 0. The average molecular weight is 157 g/mol. The van der Waals surface area contributed by atoms with E-state index in [0.29, 0.717) is 0 Å². The topological polar surface area (TPSA) is 0 Å². The Hall–Kier alpha value is -1.04. The predicted octanol–water partition coefficient (Wildman–Crippen LogP) is 3.34. The van der Waals surface area contributed by atoms with E-state index in [9.17, 15) is 0 Å². The molecule has 2 aliphatic rings. The molecule has 2 aliphatic carbocycles. The molecule has 1 radical (unpaired) electrons. The minimum Gasteiger partial charge on any atom is -0.0798 e. The third-order valence-corrected chi connectivity index (χ3v) is 2.43. The summed E-state index contributed by atoms with van der Waals surface area (Å²) in [5.41, 5.74) is 4.31. The molecule has 2 rings (SSSR count). The molecular weight excluding hydrogens is 144 g/mol. The lowest BCUT2D eigenvalue weighted by Gasteiger charge is -2.03. The molecule has 61 valence electrons. The Morgan fingerprint density at radius 1 is 1.33 bits per heavy atom. The second kappa shape index (κ2) is 3.14. The van der Waals surface area contributed by atoms with Gasteiger partial charge in [0.05, 0.1) is 0 Å². The molecule has 0 aromatic carbocycles. The van der Waals surface area contributed by atoms with Crippen LogP contribution in [0.3, 0.4) is 0 Å². The Morgan fingerprint density at radius 2 is 2.25 bits per heavy atom. The van der Waals surface area contributed by atoms with Crippen molar-refractivity contribution in [2.45, 2.75) is 26.2 Å². The maximum absolute atomic E-state index is 3.37. The van der Waals surface area contributed by atoms with Crippen molar-refractivity contribution >= 4 is 0 Å².